The molecule has 0 radical (unpaired) electrons. The number of imidazole rings is 1. The van der Waals surface area contributed by atoms with Crippen LogP contribution in [0.4, 0.5) is 0 Å². The van der Waals surface area contributed by atoms with Crippen molar-refractivity contribution in [1.82, 2.24) is 14.7 Å². The number of hydrogen-bond acceptors (Lipinski definition) is 3. The van der Waals surface area contributed by atoms with E-state index in [2.05, 4.69) is 30.6 Å². The minimum absolute atomic E-state index is 0.149. The van der Waals surface area contributed by atoms with Crippen molar-refractivity contribution in [1.29, 1.82) is 0 Å². The highest BCUT2D eigenvalue weighted by Gasteiger charge is 2.26. The van der Waals surface area contributed by atoms with Gasteiger partial charge in [0.25, 0.3) is 10.0 Å². The highest BCUT2D eigenvalue weighted by molar-refractivity contribution is 9.09. The third-order valence-electron chi connectivity index (χ3n) is 3.77. The zero-order valence-corrected chi connectivity index (χ0v) is 13.4. The second-order valence-electron chi connectivity index (χ2n) is 5.14. The fourth-order valence-corrected chi connectivity index (χ4v) is 4.50. The minimum atomic E-state index is -3.45. The largest absolute Gasteiger partial charge is 0.332 e. The Hall–Kier alpha value is -0.400. The zero-order chi connectivity index (χ0) is 13.9. The molecule has 0 saturated heterocycles. The maximum absolute atomic E-state index is 12.1. The van der Waals surface area contributed by atoms with Crippen molar-refractivity contribution in [2.45, 2.75) is 37.6 Å². The van der Waals surface area contributed by atoms with Crippen molar-refractivity contribution in [3.63, 3.8) is 0 Å². The lowest BCUT2D eigenvalue weighted by atomic mass is 9.80. The molecular weight excluding hydrogens is 330 g/mol. The summed E-state index contributed by atoms with van der Waals surface area (Å²) < 4.78 is 26.9. The van der Waals surface area contributed by atoms with E-state index in [-0.39, 0.29) is 5.03 Å². The first-order valence-corrected chi connectivity index (χ1v) is 9.20. The van der Waals surface area contributed by atoms with Crippen LogP contribution in [-0.4, -0.2) is 30.3 Å². The van der Waals surface area contributed by atoms with Crippen LogP contribution < -0.4 is 4.72 Å². The lowest BCUT2D eigenvalue weighted by molar-refractivity contribution is 0.263. The lowest BCUT2D eigenvalue weighted by Crippen LogP contribution is -2.35. The number of halogens is 1. The Kier molecular flexibility index (Phi) is 5.03. The molecule has 1 aliphatic carbocycles. The SMILES string of the molecule is Cc1ncc(S(=O)(=O)NCC2CCCCC2CBr)[nH]1. The van der Waals surface area contributed by atoms with E-state index < -0.39 is 10.0 Å². The summed E-state index contributed by atoms with van der Waals surface area (Å²) in [5.41, 5.74) is 0. The van der Waals surface area contributed by atoms with Crippen molar-refractivity contribution in [3.05, 3.63) is 12.0 Å². The van der Waals surface area contributed by atoms with E-state index in [4.69, 9.17) is 0 Å². The number of nitrogens with zero attached hydrogens (tertiary/aromatic N) is 1. The van der Waals surface area contributed by atoms with Gasteiger partial charge in [-0.05, 0) is 31.6 Å². The number of H-pyrrole nitrogens is 1. The fourth-order valence-electron chi connectivity index (χ4n) is 2.59. The molecule has 2 unspecified atom stereocenters. The number of rotatable bonds is 5. The summed E-state index contributed by atoms with van der Waals surface area (Å²) in [4.78, 5) is 6.68. The third kappa shape index (κ3) is 3.79. The Morgan fingerprint density at radius 1 is 1.42 bits per heavy atom. The van der Waals surface area contributed by atoms with E-state index in [0.29, 0.717) is 24.2 Å². The van der Waals surface area contributed by atoms with Crippen LogP contribution in [0.2, 0.25) is 0 Å². The first kappa shape index (κ1) is 15.0. The standard InChI is InChI=1S/C12H20BrN3O2S/c1-9-14-8-12(16-9)19(17,18)15-7-11-5-3-2-4-10(11)6-13/h8,10-11,15H,2-7H2,1H3,(H,14,16). The molecule has 2 N–H and O–H groups in total. The molecule has 0 spiro atoms. The summed E-state index contributed by atoms with van der Waals surface area (Å²) in [6.07, 6.45) is 6.08. The second-order valence-corrected chi connectivity index (χ2v) is 7.53. The van der Waals surface area contributed by atoms with Gasteiger partial charge in [-0.3, -0.25) is 0 Å². The summed E-state index contributed by atoms with van der Waals surface area (Å²) >= 11 is 3.53. The molecule has 0 bridgehead atoms. The van der Waals surface area contributed by atoms with Crippen molar-refractivity contribution in [2.75, 3.05) is 11.9 Å². The molecule has 19 heavy (non-hydrogen) atoms. The van der Waals surface area contributed by atoms with E-state index in [0.717, 1.165) is 11.8 Å². The van der Waals surface area contributed by atoms with Gasteiger partial charge in [-0.1, -0.05) is 28.8 Å². The highest BCUT2D eigenvalue weighted by atomic mass is 79.9. The van der Waals surface area contributed by atoms with Gasteiger partial charge in [-0.15, -0.1) is 0 Å². The van der Waals surface area contributed by atoms with Gasteiger partial charge in [0.15, 0.2) is 5.03 Å². The van der Waals surface area contributed by atoms with Gasteiger partial charge in [-0.2, -0.15) is 0 Å². The maximum atomic E-state index is 12.1. The number of aromatic amines is 1. The molecule has 1 aromatic heterocycles. The predicted octanol–water partition coefficient (Wildman–Crippen LogP) is 2.20. The number of hydrogen-bond donors (Lipinski definition) is 2. The van der Waals surface area contributed by atoms with Crippen LogP contribution in [0, 0.1) is 18.8 Å². The average molecular weight is 350 g/mol. The van der Waals surface area contributed by atoms with Crippen molar-refractivity contribution in [3.8, 4) is 0 Å². The van der Waals surface area contributed by atoms with Crippen molar-refractivity contribution >= 4 is 26.0 Å². The summed E-state index contributed by atoms with van der Waals surface area (Å²) in [5, 5.41) is 1.10. The van der Waals surface area contributed by atoms with Crippen LogP contribution in [0.25, 0.3) is 0 Å². The Morgan fingerprint density at radius 2 is 2.11 bits per heavy atom. The Balaban J connectivity index is 1.97. The molecule has 0 amide bonds. The molecule has 1 aliphatic rings. The molecule has 1 aromatic rings. The number of sulfonamides is 1. The van der Waals surface area contributed by atoms with Crippen molar-refractivity contribution in [2.24, 2.45) is 11.8 Å². The number of aromatic nitrogens is 2. The first-order chi connectivity index (χ1) is 9.03. The smallest absolute Gasteiger partial charge is 0.257 e. The van der Waals surface area contributed by atoms with Gasteiger partial charge >= 0.3 is 0 Å². The van der Waals surface area contributed by atoms with E-state index >= 15 is 0 Å². The molecule has 1 saturated carbocycles. The average Bonchev–Trinajstić information content (AvgIpc) is 2.84. The van der Waals surface area contributed by atoms with Crippen LogP contribution in [-0.2, 0) is 10.0 Å². The van der Waals surface area contributed by atoms with E-state index in [9.17, 15) is 8.42 Å². The molecule has 1 heterocycles. The molecule has 0 aliphatic heterocycles. The molecule has 2 atom stereocenters. The Morgan fingerprint density at radius 3 is 2.68 bits per heavy atom. The van der Waals surface area contributed by atoms with Gasteiger partial charge in [-0.25, -0.2) is 18.1 Å². The van der Waals surface area contributed by atoms with Gasteiger partial charge in [0.2, 0.25) is 0 Å². The van der Waals surface area contributed by atoms with Crippen LogP contribution in [0.1, 0.15) is 31.5 Å². The molecule has 1 fully saturated rings. The van der Waals surface area contributed by atoms with Crippen molar-refractivity contribution < 1.29 is 8.42 Å². The molecule has 108 valence electrons. The normalized spacial score (nSPS) is 24.5. The van der Waals surface area contributed by atoms with Gasteiger partial charge in [0.1, 0.15) is 5.82 Å². The van der Waals surface area contributed by atoms with E-state index in [1.807, 2.05) is 0 Å². The molecular formula is C12H20BrN3O2S. The topological polar surface area (TPSA) is 74.8 Å². The maximum Gasteiger partial charge on any atom is 0.257 e. The van der Waals surface area contributed by atoms with Crippen LogP contribution in [0.5, 0.6) is 0 Å². The van der Waals surface area contributed by atoms with Gasteiger partial charge in [0.05, 0.1) is 6.20 Å². The summed E-state index contributed by atoms with van der Waals surface area (Å²) in [6, 6.07) is 0. The van der Waals surface area contributed by atoms with E-state index in [1.165, 1.54) is 25.5 Å². The number of aryl methyl sites for hydroxylation is 1. The molecule has 0 aromatic carbocycles. The minimum Gasteiger partial charge on any atom is -0.332 e. The third-order valence-corrected chi connectivity index (χ3v) is 5.93. The first-order valence-electron chi connectivity index (χ1n) is 6.60. The summed E-state index contributed by atoms with van der Waals surface area (Å²) in [6.45, 7) is 2.25. The quantitative estimate of drug-likeness (QED) is 0.800. The lowest BCUT2D eigenvalue weighted by Gasteiger charge is -2.30. The number of nitrogens with one attached hydrogen (secondary N) is 2. The van der Waals surface area contributed by atoms with Crippen LogP contribution in [0.3, 0.4) is 0 Å². The van der Waals surface area contributed by atoms with Crippen LogP contribution in [0.15, 0.2) is 11.2 Å². The van der Waals surface area contributed by atoms with Gasteiger partial charge in [0, 0.05) is 11.9 Å². The monoisotopic (exact) mass is 349 g/mol. The number of alkyl halides is 1. The molecule has 7 heteroatoms. The summed E-state index contributed by atoms with van der Waals surface area (Å²) in [5.74, 6) is 1.60. The Labute approximate surface area is 122 Å². The van der Waals surface area contributed by atoms with Gasteiger partial charge < -0.3 is 4.98 Å². The van der Waals surface area contributed by atoms with Crippen LogP contribution >= 0.6 is 15.9 Å². The Bertz CT molecular complexity index is 515. The molecule has 2 rings (SSSR count). The highest BCUT2D eigenvalue weighted by Crippen LogP contribution is 2.31. The van der Waals surface area contributed by atoms with E-state index in [1.54, 1.807) is 6.92 Å². The molecule has 5 nitrogen and oxygen atoms in total. The zero-order valence-electron chi connectivity index (χ0n) is 11.0. The second kappa shape index (κ2) is 6.37. The predicted molar refractivity (Wildman–Crippen MR) is 77.8 cm³/mol. The summed E-state index contributed by atoms with van der Waals surface area (Å²) in [7, 11) is -3.45. The fraction of sp³-hybridized carbons (Fsp3) is 0.750.